The summed E-state index contributed by atoms with van der Waals surface area (Å²) in [7, 11) is 0. The number of nitrogens with one attached hydrogen (secondary N) is 1. The summed E-state index contributed by atoms with van der Waals surface area (Å²) in [6, 6.07) is 6.84. The minimum atomic E-state index is -0.587. The van der Waals surface area contributed by atoms with Crippen molar-refractivity contribution in [2.75, 3.05) is 5.32 Å². The summed E-state index contributed by atoms with van der Waals surface area (Å²) in [6.07, 6.45) is 0. The number of fused-ring (bicyclic) bond motifs is 1. The fourth-order valence-corrected chi connectivity index (χ4v) is 3.32. The van der Waals surface area contributed by atoms with E-state index in [4.69, 9.17) is 0 Å². The van der Waals surface area contributed by atoms with Crippen molar-refractivity contribution in [3.05, 3.63) is 58.9 Å². The van der Waals surface area contributed by atoms with Gasteiger partial charge in [-0.1, -0.05) is 11.8 Å². The summed E-state index contributed by atoms with van der Waals surface area (Å²) in [6.45, 7) is 1.63. The fourth-order valence-electron chi connectivity index (χ4n) is 2.10. The summed E-state index contributed by atoms with van der Waals surface area (Å²) in [5, 5.41) is 2.42. The molecule has 0 fully saturated rings. The van der Waals surface area contributed by atoms with Crippen molar-refractivity contribution in [1.82, 2.24) is 0 Å². The third-order valence-electron chi connectivity index (χ3n) is 2.96. The Morgan fingerprint density at radius 3 is 2.42 bits per heavy atom. The highest BCUT2D eigenvalue weighted by Gasteiger charge is 2.28. The van der Waals surface area contributed by atoms with Crippen molar-refractivity contribution in [2.45, 2.75) is 17.2 Å². The van der Waals surface area contributed by atoms with Crippen LogP contribution in [0.5, 0.6) is 0 Å². The Kier molecular flexibility index (Phi) is 2.93. The summed E-state index contributed by atoms with van der Waals surface area (Å²) >= 11 is 1.21. The Balaban J connectivity index is 1.99. The maximum absolute atomic E-state index is 13.9. The second kappa shape index (κ2) is 4.49. The SMILES string of the molecule is Cc1cc(F)c(C2Nc3ccc(F)cc3S2)c(F)c1. The number of hydrogen-bond donors (Lipinski definition) is 1. The molecule has 1 N–H and O–H groups in total. The largest absolute Gasteiger partial charge is 0.368 e. The van der Waals surface area contributed by atoms with Crippen LogP contribution in [0.4, 0.5) is 18.9 Å². The minimum Gasteiger partial charge on any atom is -0.368 e. The summed E-state index contributed by atoms with van der Waals surface area (Å²) in [5.74, 6) is -1.54. The number of anilines is 1. The third-order valence-corrected chi connectivity index (χ3v) is 4.14. The topological polar surface area (TPSA) is 12.0 Å². The van der Waals surface area contributed by atoms with Crippen LogP contribution >= 0.6 is 11.8 Å². The van der Waals surface area contributed by atoms with Gasteiger partial charge in [0, 0.05) is 10.6 Å². The average Bonchev–Trinajstić information content (AvgIpc) is 2.69. The van der Waals surface area contributed by atoms with Crippen LogP contribution in [0, 0.1) is 24.4 Å². The predicted octanol–water partition coefficient (Wildman–Crippen LogP) is 4.63. The zero-order valence-electron chi connectivity index (χ0n) is 10.0. The molecule has 2 aromatic rings. The zero-order chi connectivity index (χ0) is 13.6. The molecule has 2 aromatic carbocycles. The van der Waals surface area contributed by atoms with Crippen LogP contribution < -0.4 is 5.32 Å². The van der Waals surface area contributed by atoms with Gasteiger partial charge in [-0.25, -0.2) is 13.2 Å². The normalized spacial score (nSPS) is 17.2. The van der Waals surface area contributed by atoms with E-state index in [1.807, 2.05) is 0 Å². The smallest absolute Gasteiger partial charge is 0.132 e. The van der Waals surface area contributed by atoms with E-state index in [1.165, 1.54) is 36.0 Å². The van der Waals surface area contributed by atoms with Gasteiger partial charge in [-0.3, -0.25) is 0 Å². The lowest BCUT2D eigenvalue weighted by molar-refractivity contribution is 0.557. The molecule has 98 valence electrons. The lowest BCUT2D eigenvalue weighted by Gasteiger charge is -2.13. The highest BCUT2D eigenvalue weighted by Crippen LogP contribution is 2.47. The molecule has 5 heteroatoms. The summed E-state index contributed by atoms with van der Waals surface area (Å²) < 4.78 is 40.9. The van der Waals surface area contributed by atoms with E-state index in [2.05, 4.69) is 5.32 Å². The van der Waals surface area contributed by atoms with E-state index in [9.17, 15) is 13.2 Å². The Hall–Kier alpha value is -1.62. The zero-order valence-corrected chi connectivity index (χ0v) is 10.8. The molecule has 19 heavy (non-hydrogen) atoms. The van der Waals surface area contributed by atoms with Crippen LogP contribution in [0.3, 0.4) is 0 Å². The second-order valence-electron chi connectivity index (χ2n) is 4.42. The quantitative estimate of drug-likeness (QED) is 0.818. The van der Waals surface area contributed by atoms with E-state index in [0.717, 1.165) is 0 Å². The molecule has 1 aliphatic heterocycles. The van der Waals surface area contributed by atoms with E-state index < -0.39 is 17.0 Å². The van der Waals surface area contributed by atoms with Gasteiger partial charge < -0.3 is 5.32 Å². The number of rotatable bonds is 1. The Labute approximate surface area is 112 Å². The van der Waals surface area contributed by atoms with Gasteiger partial charge in [0.1, 0.15) is 22.8 Å². The van der Waals surface area contributed by atoms with Crippen molar-refractivity contribution in [3.8, 4) is 0 Å². The highest BCUT2D eigenvalue weighted by molar-refractivity contribution is 8.00. The van der Waals surface area contributed by atoms with Gasteiger partial charge in [0.15, 0.2) is 0 Å². The third kappa shape index (κ3) is 2.18. The number of aryl methyl sites for hydroxylation is 1. The molecule has 3 rings (SSSR count). The maximum Gasteiger partial charge on any atom is 0.132 e. The van der Waals surface area contributed by atoms with Crippen LogP contribution in [0.15, 0.2) is 35.2 Å². The molecule has 0 spiro atoms. The standard InChI is InChI=1S/C14H10F3NS/c1-7-4-9(16)13(10(17)5-7)14-18-11-3-2-8(15)6-12(11)19-14/h2-6,14,18H,1H3. The number of thioether (sulfide) groups is 1. The molecule has 1 nitrogen and oxygen atoms in total. The van der Waals surface area contributed by atoms with E-state index in [-0.39, 0.29) is 11.4 Å². The van der Waals surface area contributed by atoms with E-state index >= 15 is 0 Å². The van der Waals surface area contributed by atoms with Crippen LogP contribution in [0.1, 0.15) is 16.5 Å². The van der Waals surface area contributed by atoms with Crippen LogP contribution in [0.25, 0.3) is 0 Å². The Bertz CT molecular complexity index is 634. The molecule has 0 aromatic heterocycles. The summed E-state index contributed by atoms with van der Waals surface area (Å²) in [4.78, 5) is 0.657. The molecule has 1 unspecified atom stereocenters. The lowest BCUT2D eigenvalue weighted by Crippen LogP contribution is -2.07. The lowest BCUT2D eigenvalue weighted by atomic mass is 10.1. The Morgan fingerprint density at radius 1 is 1.05 bits per heavy atom. The monoisotopic (exact) mass is 281 g/mol. The van der Waals surface area contributed by atoms with Crippen LogP contribution in [-0.2, 0) is 0 Å². The predicted molar refractivity (Wildman–Crippen MR) is 69.7 cm³/mol. The maximum atomic E-state index is 13.9. The molecule has 0 saturated heterocycles. The molecule has 0 bridgehead atoms. The summed E-state index contributed by atoms with van der Waals surface area (Å²) in [5.41, 5.74) is 1.20. The van der Waals surface area contributed by atoms with Gasteiger partial charge in [-0.05, 0) is 42.8 Å². The molecular formula is C14H10F3NS. The molecular weight excluding hydrogens is 271 g/mol. The van der Waals surface area contributed by atoms with Crippen molar-refractivity contribution < 1.29 is 13.2 Å². The van der Waals surface area contributed by atoms with Crippen molar-refractivity contribution in [3.63, 3.8) is 0 Å². The van der Waals surface area contributed by atoms with Gasteiger partial charge in [0.2, 0.25) is 0 Å². The van der Waals surface area contributed by atoms with Gasteiger partial charge in [0.05, 0.1) is 5.56 Å². The van der Waals surface area contributed by atoms with Crippen LogP contribution in [0.2, 0.25) is 0 Å². The van der Waals surface area contributed by atoms with E-state index in [1.54, 1.807) is 13.0 Å². The Morgan fingerprint density at radius 2 is 1.74 bits per heavy atom. The molecule has 1 atom stereocenters. The first kappa shape index (κ1) is 12.4. The van der Waals surface area contributed by atoms with Crippen molar-refractivity contribution in [2.24, 2.45) is 0 Å². The highest BCUT2D eigenvalue weighted by atomic mass is 32.2. The molecule has 1 heterocycles. The van der Waals surface area contributed by atoms with Crippen molar-refractivity contribution >= 4 is 17.4 Å². The van der Waals surface area contributed by atoms with E-state index in [0.29, 0.717) is 16.1 Å². The van der Waals surface area contributed by atoms with Crippen LogP contribution in [-0.4, -0.2) is 0 Å². The number of halogens is 3. The molecule has 0 saturated carbocycles. The first-order valence-electron chi connectivity index (χ1n) is 5.73. The van der Waals surface area contributed by atoms with Gasteiger partial charge in [0.25, 0.3) is 0 Å². The molecule has 0 radical (unpaired) electrons. The number of hydrogen-bond acceptors (Lipinski definition) is 2. The van der Waals surface area contributed by atoms with Crippen molar-refractivity contribution in [1.29, 1.82) is 0 Å². The first-order chi connectivity index (χ1) is 9.04. The molecule has 1 aliphatic rings. The van der Waals surface area contributed by atoms with Gasteiger partial charge >= 0.3 is 0 Å². The molecule has 0 aliphatic carbocycles. The fraction of sp³-hybridized carbons (Fsp3) is 0.143. The average molecular weight is 281 g/mol. The van der Waals surface area contributed by atoms with Gasteiger partial charge in [-0.2, -0.15) is 0 Å². The number of benzene rings is 2. The minimum absolute atomic E-state index is 0.0211. The molecule has 0 amide bonds. The first-order valence-corrected chi connectivity index (χ1v) is 6.61. The van der Waals surface area contributed by atoms with Gasteiger partial charge in [-0.15, -0.1) is 0 Å². The second-order valence-corrected chi connectivity index (χ2v) is 5.57.